The second-order valence-corrected chi connectivity index (χ2v) is 6.14. The Labute approximate surface area is 169 Å². The van der Waals surface area contributed by atoms with Gasteiger partial charge in [0.25, 0.3) is 5.91 Å². The molecular formula is C21H24N4O4. The van der Waals surface area contributed by atoms with E-state index in [0.29, 0.717) is 23.7 Å². The molecular weight excluding hydrogens is 372 g/mol. The summed E-state index contributed by atoms with van der Waals surface area (Å²) in [5, 5.41) is 5.26. The summed E-state index contributed by atoms with van der Waals surface area (Å²) in [5.74, 6) is 0.0101. The van der Waals surface area contributed by atoms with Gasteiger partial charge in [-0.3, -0.25) is 19.4 Å². The normalized spacial score (nSPS) is 10.0. The summed E-state index contributed by atoms with van der Waals surface area (Å²) in [4.78, 5) is 41.1. The van der Waals surface area contributed by atoms with Crippen LogP contribution in [0, 0.1) is 6.92 Å². The minimum atomic E-state index is -0.331. The number of nitrogens with zero attached hydrogens (tertiary/aromatic N) is 2. The molecule has 0 spiro atoms. The standard InChI is InChI=1S/C21H24N4O4/c1-5-20(27)25(6-2)13-19(26)24-15-8-7-14(3)18(11-15)29-16-9-10-23-17(12-16)21(28)22-4/h5,7-12H,1,6,13H2,2-4H3,(H,22,28)(H,24,26). The first-order valence-corrected chi connectivity index (χ1v) is 9.05. The Balaban J connectivity index is 2.14. The van der Waals surface area contributed by atoms with Gasteiger partial charge in [0.1, 0.15) is 23.7 Å². The van der Waals surface area contributed by atoms with E-state index >= 15 is 0 Å². The quantitative estimate of drug-likeness (QED) is 0.668. The largest absolute Gasteiger partial charge is 0.457 e. The van der Waals surface area contributed by atoms with E-state index in [2.05, 4.69) is 22.2 Å². The fraction of sp³-hybridized carbons (Fsp3) is 0.238. The van der Waals surface area contributed by atoms with Crippen molar-refractivity contribution in [2.45, 2.75) is 13.8 Å². The monoisotopic (exact) mass is 396 g/mol. The van der Waals surface area contributed by atoms with Crippen LogP contribution in [0.25, 0.3) is 0 Å². The van der Waals surface area contributed by atoms with Crippen molar-refractivity contribution in [3.8, 4) is 11.5 Å². The number of carbonyl (C=O) groups excluding carboxylic acids is 3. The van der Waals surface area contributed by atoms with E-state index in [1.165, 1.54) is 30.3 Å². The van der Waals surface area contributed by atoms with Crippen molar-refractivity contribution in [1.29, 1.82) is 0 Å². The Hall–Kier alpha value is -3.68. The summed E-state index contributed by atoms with van der Waals surface area (Å²) >= 11 is 0. The van der Waals surface area contributed by atoms with Crippen molar-refractivity contribution in [2.75, 3.05) is 25.5 Å². The maximum Gasteiger partial charge on any atom is 0.269 e. The third kappa shape index (κ3) is 5.90. The van der Waals surface area contributed by atoms with Gasteiger partial charge < -0.3 is 20.3 Å². The van der Waals surface area contributed by atoms with E-state index in [1.807, 2.05) is 6.92 Å². The van der Waals surface area contributed by atoms with Crippen LogP contribution in [0.15, 0.2) is 49.2 Å². The van der Waals surface area contributed by atoms with Gasteiger partial charge in [-0.05, 0) is 37.6 Å². The molecule has 1 aromatic heterocycles. The number of rotatable bonds is 8. The number of nitrogens with one attached hydrogen (secondary N) is 2. The predicted octanol–water partition coefficient (Wildman–Crippen LogP) is 2.51. The number of ether oxygens (including phenoxy) is 1. The average molecular weight is 396 g/mol. The average Bonchev–Trinajstić information content (AvgIpc) is 2.73. The molecule has 0 unspecified atom stereocenters. The third-order valence-electron chi connectivity index (χ3n) is 4.09. The molecule has 0 aliphatic heterocycles. The van der Waals surface area contributed by atoms with Crippen LogP contribution in [0.2, 0.25) is 0 Å². The molecule has 8 heteroatoms. The summed E-state index contributed by atoms with van der Waals surface area (Å²) in [6, 6.07) is 8.39. The highest BCUT2D eigenvalue weighted by molar-refractivity contribution is 5.96. The van der Waals surface area contributed by atoms with Gasteiger partial charge in [-0.25, -0.2) is 0 Å². The Morgan fingerprint density at radius 2 is 2.00 bits per heavy atom. The van der Waals surface area contributed by atoms with Gasteiger partial charge >= 0.3 is 0 Å². The highest BCUT2D eigenvalue weighted by atomic mass is 16.5. The molecule has 152 valence electrons. The summed E-state index contributed by atoms with van der Waals surface area (Å²) in [7, 11) is 1.52. The zero-order chi connectivity index (χ0) is 21.4. The van der Waals surface area contributed by atoms with Gasteiger partial charge in [0, 0.05) is 37.6 Å². The molecule has 2 aromatic rings. The molecule has 0 radical (unpaired) electrons. The van der Waals surface area contributed by atoms with E-state index in [0.717, 1.165) is 5.56 Å². The molecule has 0 bridgehead atoms. The molecule has 0 aliphatic carbocycles. The third-order valence-corrected chi connectivity index (χ3v) is 4.09. The lowest BCUT2D eigenvalue weighted by molar-refractivity contribution is -0.130. The number of aryl methyl sites for hydroxylation is 1. The molecule has 3 amide bonds. The number of aromatic nitrogens is 1. The zero-order valence-electron chi connectivity index (χ0n) is 16.7. The number of pyridine rings is 1. The lowest BCUT2D eigenvalue weighted by Gasteiger charge is -2.18. The van der Waals surface area contributed by atoms with Gasteiger partial charge in [-0.1, -0.05) is 12.6 Å². The van der Waals surface area contributed by atoms with Gasteiger partial charge in [-0.15, -0.1) is 0 Å². The molecule has 1 heterocycles. The van der Waals surface area contributed by atoms with Crippen LogP contribution in [-0.4, -0.2) is 47.7 Å². The van der Waals surface area contributed by atoms with Crippen molar-refractivity contribution < 1.29 is 19.1 Å². The van der Waals surface area contributed by atoms with Crippen LogP contribution >= 0.6 is 0 Å². The number of benzene rings is 1. The molecule has 0 saturated carbocycles. The predicted molar refractivity (Wildman–Crippen MR) is 110 cm³/mol. The van der Waals surface area contributed by atoms with E-state index in [-0.39, 0.29) is 30.0 Å². The van der Waals surface area contributed by atoms with Gasteiger partial charge in [0.05, 0.1) is 0 Å². The first kappa shape index (κ1) is 21.6. The summed E-state index contributed by atoms with van der Waals surface area (Å²) in [5.41, 5.74) is 1.61. The van der Waals surface area contributed by atoms with Crippen LogP contribution in [-0.2, 0) is 9.59 Å². The number of likely N-dealkylation sites (N-methyl/N-ethyl adjacent to an activating group) is 1. The van der Waals surface area contributed by atoms with Gasteiger partial charge in [0.2, 0.25) is 11.8 Å². The molecule has 8 nitrogen and oxygen atoms in total. The van der Waals surface area contributed by atoms with E-state index in [4.69, 9.17) is 4.74 Å². The van der Waals surface area contributed by atoms with Crippen LogP contribution in [0.3, 0.4) is 0 Å². The highest BCUT2D eigenvalue weighted by Crippen LogP contribution is 2.28. The fourth-order valence-electron chi connectivity index (χ4n) is 2.49. The second kappa shape index (κ2) is 10.0. The maximum absolute atomic E-state index is 12.3. The minimum absolute atomic E-state index is 0.0781. The van der Waals surface area contributed by atoms with Crippen molar-refractivity contribution >= 4 is 23.4 Å². The molecule has 0 aliphatic rings. The second-order valence-electron chi connectivity index (χ2n) is 6.14. The topological polar surface area (TPSA) is 101 Å². The van der Waals surface area contributed by atoms with E-state index in [9.17, 15) is 14.4 Å². The SMILES string of the molecule is C=CC(=O)N(CC)CC(=O)Nc1ccc(C)c(Oc2ccnc(C(=O)NC)c2)c1. The van der Waals surface area contributed by atoms with Crippen LogP contribution in [0.4, 0.5) is 5.69 Å². The van der Waals surface area contributed by atoms with Crippen LogP contribution in [0.5, 0.6) is 11.5 Å². The van der Waals surface area contributed by atoms with Crippen molar-refractivity contribution in [2.24, 2.45) is 0 Å². The molecule has 2 N–H and O–H groups in total. The molecule has 1 aromatic carbocycles. The van der Waals surface area contributed by atoms with Gasteiger partial charge in [-0.2, -0.15) is 0 Å². The Bertz CT molecular complexity index is 927. The van der Waals surface area contributed by atoms with Crippen LogP contribution in [0.1, 0.15) is 23.0 Å². The van der Waals surface area contributed by atoms with E-state index in [1.54, 1.807) is 31.2 Å². The summed E-state index contributed by atoms with van der Waals surface area (Å²) < 4.78 is 5.88. The first-order chi connectivity index (χ1) is 13.9. The summed E-state index contributed by atoms with van der Waals surface area (Å²) in [6.45, 7) is 7.41. The lowest BCUT2D eigenvalue weighted by atomic mass is 10.2. The Morgan fingerprint density at radius 1 is 1.24 bits per heavy atom. The van der Waals surface area contributed by atoms with Gasteiger partial charge in [0.15, 0.2) is 0 Å². The Kier molecular flexibility index (Phi) is 7.47. The van der Waals surface area contributed by atoms with Crippen molar-refractivity contribution in [1.82, 2.24) is 15.2 Å². The molecule has 0 fully saturated rings. The fourth-order valence-corrected chi connectivity index (χ4v) is 2.49. The Morgan fingerprint density at radius 3 is 2.66 bits per heavy atom. The number of anilines is 1. The summed E-state index contributed by atoms with van der Waals surface area (Å²) in [6.07, 6.45) is 2.66. The lowest BCUT2D eigenvalue weighted by Crippen LogP contribution is -2.36. The zero-order valence-corrected chi connectivity index (χ0v) is 16.7. The molecule has 29 heavy (non-hydrogen) atoms. The molecule has 0 saturated heterocycles. The number of carbonyl (C=O) groups is 3. The number of hydrogen-bond acceptors (Lipinski definition) is 5. The molecule has 0 atom stereocenters. The van der Waals surface area contributed by atoms with Crippen LogP contribution < -0.4 is 15.4 Å². The minimum Gasteiger partial charge on any atom is -0.457 e. The number of hydrogen-bond donors (Lipinski definition) is 2. The number of amides is 3. The highest BCUT2D eigenvalue weighted by Gasteiger charge is 2.14. The first-order valence-electron chi connectivity index (χ1n) is 9.05. The smallest absolute Gasteiger partial charge is 0.269 e. The maximum atomic E-state index is 12.3. The van der Waals surface area contributed by atoms with Crippen molar-refractivity contribution in [3.63, 3.8) is 0 Å². The van der Waals surface area contributed by atoms with E-state index < -0.39 is 0 Å². The molecule has 2 rings (SSSR count). The van der Waals surface area contributed by atoms with Crippen molar-refractivity contribution in [3.05, 3.63) is 60.4 Å².